The number of nitrogens with one attached hydrogen (secondary N) is 2. The Bertz CT molecular complexity index is 974. The number of carbonyl (C=O) groups is 1. The van der Waals surface area contributed by atoms with Gasteiger partial charge in [-0.05, 0) is 48.9 Å². The maximum atomic E-state index is 12.7. The van der Waals surface area contributed by atoms with Crippen LogP contribution in [0.3, 0.4) is 0 Å². The molecule has 2 aromatic carbocycles. The van der Waals surface area contributed by atoms with Crippen LogP contribution in [0.2, 0.25) is 0 Å². The number of piperazine rings is 1. The third-order valence-electron chi connectivity index (χ3n) is 6.65. The summed E-state index contributed by atoms with van der Waals surface area (Å²) in [7, 11) is 0. The quantitative estimate of drug-likeness (QED) is 0.789. The molecule has 0 bridgehead atoms. The van der Waals surface area contributed by atoms with E-state index in [9.17, 15) is 4.79 Å². The summed E-state index contributed by atoms with van der Waals surface area (Å²) >= 11 is 0. The Morgan fingerprint density at radius 1 is 1.19 bits per heavy atom. The van der Waals surface area contributed by atoms with Crippen molar-refractivity contribution in [2.45, 2.75) is 39.3 Å². The molecule has 1 amide bonds. The van der Waals surface area contributed by atoms with Crippen LogP contribution in [0.5, 0.6) is 0 Å². The molecule has 2 N–H and O–H groups in total. The SMILES string of the molecule is CC[C@H]1C(C)[C@@H](Nc2ccc(C#N)cc2)c2cc(N3CCNCC3)ccc2N1C(C)=O. The van der Waals surface area contributed by atoms with Gasteiger partial charge in [0, 0.05) is 67.7 Å². The highest BCUT2D eigenvalue weighted by molar-refractivity contribution is 5.94. The van der Waals surface area contributed by atoms with E-state index in [2.05, 4.69) is 53.6 Å². The maximum absolute atomic E-state index is 12.7. The van der Waals surface area contributed by atoms with Crippen LogP contribution >= 0.6 is 0 Å². The number of anilines is 3. The van der Waals surface area contributed by atoms with Crippen molar-refractivity contribution in [3.05, 3.63) is 53.6 Å². The first-order chi connectivity index (χ1) is 15.0. The molecular weight excluding hydrogens is 386 g/mol. The molecule has 1 saturated heterocycles. The highest BCUT2D eigenvalue weighted by atomic mass is 16.2. The monoisotopic (exact) mass is 417 g/mol. The van der Waals surface area contributed by atoms with Gasteiger partial charge in [0.25, 0.3) is 0 Å². The molecule has 2 aliphatic heterocycles. The van der Waals surface area contributed by atoms with E-state index in [-0.39, 0.29) is 23.9 Å². The summed E-state index contributed by atoms with van der Waals surface area (Å²) in [6.07, 6.45) is 0.894. The number of hydrogen-bond donors (Lipinski definition) is 2. The van der Waals surface area contributed by atoms with E-state index in [4.69, 9.17) is 5.26 Å². The second kappa shape index (κ2) is 8.99. The first kappa shape index (κ1) is 21.2. The molecule has 6 nitrogen and oxygen atoms in total. The van der Waals surface area contributed by atoms with Gasteiger partial charge in [-0.3, -0.25) is 4.79 Å². The summed E-state index contributed by atoms with van der Waals surface area (Å²) in [6, 6.07) is 16.5. The van der Waals surface area contributed by atoms with Crippen LogP contribution < -0.4 is 20.4 Å². The topological polar surface area (TPSA) is 71.4 Å². The molecule has 1 fully saturated rings. The van der Waals surface area contributed by atoms with E-state index in [0.29, 0.717) is 5.56 Å². The number of hydrogen-bond acceptors (Lipinski definition) is 5. The molecule has 2 heterocycles. The van der Waals surface area contributed by atoms with Crippen LogP contribution in [0.4, 0.5) is 17.1 Å². The summed E-state index contributed by atoms with van der Waals surface area (Å²) in [5, 5.41) is 16.2. The van der Waals surface area contributed by atoms with E-state index < -0.39 is 0 Å². The lowest BCUT2D eigenvalue weighted by Crippen LogP contribution is -2.50. The molecule has 0 radical (unpaired) electrons. The largest absolute Gasteiger partial charge is 0.378 e. The van der Waals surface area contributed by atoms with E-state index in [1.165, 1.54) is 5.69 Å². The zero-order chi connectivity index (χ0) is 22.0. The van der Waals surface area contributed by atoms with Crippen LogP contribution in [0.25, 0.3) is 0 Å². The summed E-state index contributed by atoms with van der Waals surface area (Å²) in [6.45, 7) is 9.97. The van der Waals surface area contributed by atoms with Crippen LogP contribution in [0.1, 0.15) is 44.4 Å². The molecular formula is C25H31N5O. The normalized spacial score (nSPS) is 23.1. The van der Waals surface area contributed by atoms with E-state index in [1.54, 1.807) is 6.92 Å². The highest BCUT2D eigenvalue weighted by Crippen LogP contribution is 2.45. The molecule has 0 saturated carbocycles. The fourth-order valence-electron chi connectivity index (χ4n) is 5.04. The van der Waals surface area contributed by atoms with Gasteiger partial charge in [0.2, 0.25) is 5.91 Å². The van der Waals surface area contributed by atoms with Gasteiger partial charge in [0.05, 0.1) is 17.7 Å². The Kier molecular flexibility index (Phi) is 6.15. The summed E-state index contributed by atoms with van der Waals surface area (Å²) in [4.78, 5) is 17.0. The Labute approximate surface area is 184 Å². The maximum Gasteiger partial charge on any atom is 0.224 e. The van der Waals surface area contributed by atoms with Gasteiger partial charge in [-0.15, -0.1) is 0 Å². The number of fused-ring (bicyclic) bond motifs is 1. The highest BCUT2D eigenvalue weighted by Gasteiger charge is 2.39. The van der Waals surface area contributed by atoms with Crippen molar-refractivity contribution in [3.63, 3.8) is 0 Å². The molecule has 31 heavy (non-hydrogen) atoms. The average molecular weight is 418 g/mol. The summed E-state index contributed by atoms with van der Waals surface area (Å²) in [5.74, 6) is 0.321. The Morgan fingerprint density at radius 2 is 1.90 bits per heavy atom. The Hall–Kier alpha value is -3.04. The van der Waals surface area contributed by atoms with Crippen molar-refractivity contribution in [2.24, 2.45) is 5.92 Å². The lowest BCUT2D eigenvalue weighted by molar-refractivity contribution is -0.117. The number of carbonyl (C=O) groups excluding carboxylic acids is 1. The molecule has 1 unspecified atom stereocenters. The van der Waals surface area contributed by atoms with Crippen LogP contribution in [-0.2, 0) is 4.79 Å². The van der Waals surface area contributed by atoms with Crippen molar-refractivity contribution in [1.82, 2.24) is 5.32 Å². The van der Waals surface area contributed by atoms with Crippen LogP contribution in [0, 0.1) is 17.2 Å². The second-order valence-electron chi connectivity index (χ2n) is 8.52. The van der Waals surface area contributed by atoms with Crippen molar-refractivity contribution in [2.75, 3.05) is 41.3 Å². The second-order valence-corrected chi connectivity index (χ2v) is 8.52. The van der Waals surface area contributed by atoms with E-state index >= 15 is 0 Å². The van der Waals surface area contributed by atoms with Gasteiger partial charge in [0.15, 0.2) is 0 Å². The molecule has 4 rings (SSSR count). The van der Waals surface area contributed by atoms with Gasteiger partial charge in [-0.2, -0.15) is 5.26 Å². The van der Waals surface area contributed by atoms with Crippen molar-refractivity contribution < 1.29 is 4.79 Å². The van der Waals surface area contributed by atoms with Crippen molar-refractivity contribution in [3.8, 4) is 6.07 Å². The Morgan fingerprint density at radius 3 is 2.52 bits per heavy atom. The van der Waals surface area contributed by atoms with Crippen molar-refractivity contribution in [1.29, 1.82) is 5.26 Å². The molecule has 3 atom stereocenters. The standard InChI is InChI=1S/C25H31N5O/c1-4-23-17(2)25(28-20-7-5-19(16-26)6-8-20)22-15-21(29-13-11-27-12-14-29)9-10-24(22)30(23)18(3)31/h5-10,15,17,23,25,27-28H,4,11-14H2,1-3H3/t17?,23-,25+/m0/s1. The minimum atomic E-state index is 0.0753. The van der Waals surface area contributed by atoms with Gasteiger partial charge >= 0.3 is 0 Å². The third-order valence-corrected chi connectivity index (χ3v) is 6.65. The predicted molar refractivity (Wildman–Crippen MR) is 125 cm³/mol. The predicted octanol–water partition coefficient (Wildman–Crippen LogP) is 3.90. The number of amides is 1. The van der Waals surface area contributed by atoms with Crippen LogP contribution in [-0.4, -0.2) is 38.1 Å². The fraction of sp³-hybridized carbons (Fsp3) is 0.440. The van der Waals surface area contributed by atoms with Crippen molar-refractivity contribution >= 4 is 23.0 Å². The molecule has 2 aliphatic rings. The van der Waals surface area contributed by atoms with Gasteiger partial charge in [-0.1, -0.05) is 13.8 Å². The molecule has 162 valence electrons. The molecule has 0 aliphatic carbocycles. The summed E-state index contributed by atoms with van der Waals surface area (Å²) < 4.78 is 0. The zero-order valence-electron chi connectivity index (χ0n) is 18.6. The van der Waals surface area contributed by atoms with Gasteiger partial charge in [-0.25, -0.2) is 0 Å². The first-order valence-electron chi connectivity index (χ1n) is 11.2. The summed E-state index contributed by atoms with van der Waals surface area (Å²) in [5.41, 5.74) is 5.01. The molecule has 0 spiro atoms. The van der Waals surface area contributed by atoms with Crippen LogP contribution in [0.15, 0.2) is 42.5 Å². The minimum Gasteiger partial charge on any atom is -0.378 e. The lowest BCUT2D eigenvalue weighted by Gasteiger charge is -2.46. The zero-order valence-corrected chi connectivity index (χ0v) is 18.6. The third kappa shape index (κ3) is 4.11. The minimum absolute atomic E-state index is 0.0753. The van der Waals surface area contributed by atoms with Gasteiger partial charge < -0.3 is 20.4 Å². The molecule has 6 heteroatoms. The number of rotatable bonds is 4. The smallest absolute Gasteiger partial charge is 0.224 e. The lowest BCUT2D eigenvalue weighted by atomic mass is 9.80. The number of nitriles is 1. The first-order valence-corrected chi connectivity index (χ1v) is 11.2. The number of benzene rings is 2. The van der Waals surface area contributed by atoms with Gasteiger partial charge in [0.1, 0.15) is 0 Å². The molecule has 0 aromatic heterocycles. The fourth-order valence-corrected chi connectivity index (χ4v) is 5.04. The average Bonchev–Trinajstić information content (AvgIpc) is 2.81. The number of nitrogens with zero attached hydrogens (tertiary/aromatic N) is 3. The Balaban J connectivity index is 1.76. The molecule has 2 aromatic rings. The van der Waals surface area contributed by atoms with E-state index in [0.717, 1.165) is 49.5 Å². The van der Waals surface area contributed by atoms with E-state index in [1.807, 2.05) is 29.2 Å².